The molecule has 1 fully saturated rings. The van der Waals surface area contributed by atoms with Crippen LogP contribution in [-0.2, 0) is 0 Å². The molecule has 1 aliphatic heterocycles. The van der Waals surface area contributed by atoms with Crippen LogP contribution >= 0.6 is 11.3 Å². The highest BCUT2D eigenvalue weighted by Gasteiger charge is 2.24. The SMILES string of the molecule is Cc1nc2c3c(F)c(F)sc3nc(N3CCN(C)CC3)n2n1. The number of nitrogens with zero attached hydrogens (tertiary/aromatic N) is 6. The fourth-order valence-electron chi connectivity index (χ4n) is 2.71. The summed E-state index contributed by atoms with van der Waals surface area (Å²) in [5, 5.41) is 3.56. The molecule has 22 heavy (non-hydrogen) atoms. The first-order valence-corrected chi connectivity index (χ1v) is 7.80. The number of halogens is 2. The molecule has 4 heterocycles. The van der Waals surface area contributed by atoms with Crippen LogP contribution < -0.4 is 4.90 Å². The molecule has 0 aromatic carbocycles. The first kappa shape index (κ1) is 13.8. The monoisotopic (exact) mass is 324 g/mol. The second-order valence-electron chi connectivity index (χ2n) is 5.47. The summed E-state index contributed by atoms with van der Waals surface area (Å²) in [5.41, 5.74) is 0.328. The summed E-state index contributed by atoms with van der Waals surface area (Å²) in [6, 6.07) is 0. The van der Waals surface area contributed by atoms with Gasteiger partial charge in [0.2, 0.25) is 11.1 Å². The number of hydrogen-bond acceptors (Lipinski definition) is 6. The molecule has 0 unspecified atom stereocenters. The Kier molecular flexibility index (Phi) is 3.01. The summed E-state index contributed by atoms with van der Waals surface area (Å²) in [5.74, 6) is 0.211. The lowest BCUT2D eigenvalue weighted by Gasteiger charge is -2.32. The van der Waals surface area contributed by atoms with Gasteiger partial charge in [-0.05, 0) is 14.0 Å². The van der Waals surface area contributed by atoms with E-state index >= 15 is 0 Å². The molecular formula is C13H14F2N6S. The van der Waals surface area contributed by atoms with E-state index in [1.54, 1.807) is 6.92 Å². The predicted octanol–water partition coefficient (Wildman–Crippen LogP) is 1.68. The van der Waals surface area contributed by atoms with E-state index in [0.29, 0.717) is 33.6 Å². The topological polar surface area (TPSA) is 49.6 Å². The Morgan fingerprint density at radius 1 is 1.09 bits per heavy atom. The van der Waals surface area contributed by atoms with Gasteiger partial charge in [0, 0.05) is 26.2 Å². The summed E-state index contributed by atoms with van der Waals surface area (Å²) in [7, 11) is 2.06. The van der Waals surface area contributed by atoms with Gasteiger partial charge in [-0.2, -0.15) is 8.91 Å². The minimum atomic E-state index is -0.894. The Hall–Kier alpha value is -1.87. The molecule has 0 radical (unpaired) electrons. The number of thiophene rings is 1. The highest BCUT2D eigenvalue weighted by molar-refractivity contribution is 7.17. The van der Waals surface area contributed by atoms with E-state index in [1.807, 2.05) is 0 Å². The number of anilines is 1. The van der Waals surface area contributed by atoms with Gasteiger partial charge in [-0.15, -0.1) is 5.10 Å². The lowest BCUT2D eigenvalue weighted by Crippen LogP contribution is -2.45. The highest BCUT2D eigenvalue weighted by atomic mass is 32.1. The molecule has 0 saturated carbocycles. The summed E-state index contributed by atoms with van der Waals surface area (Å²) >= 11 is 0.711. The van der Waals surface area contributed by atoms with Crippen molar-refractivity contribution in [2.24, 2.45) is 0 Å². The van der Waals surface area contributed by atoms with E-state index in [9.17, 15) is 8.78 Å². The van der Waals surface area contributed by atoms with Crippen LogP contribution in [0.25, 0.3) is 15.9 Å². The first-order valence-electron chi connectivity index (χ1n) is 6.99. The fourth-order valence-corrected chi connectivity index (χ4v) is 3.48. The van der Waals surface area contributed by atoms with Crippen LogP contribution in [0.2, 0.25) is 0 Å². The molecule has 116 valence electrons. The van der Waals surface area contributed by atoms with Crippen molar-refractivity contribution < 1.29 is 8.78 Å². The number of piperazine rings is 1. The van der Waals surface area contributed by atoms with E-state index in [1.165, 1.54) is 4.52 Å². The molecule has 0 spiro atoms. The molecule has 3 aromatic rings. The molecule has 9 heteroatoms. The Morgan fingerprint density at radius 3 is 2.55 bits per heavy atom. The lowest BCUT2D eigenvalue weighted by molar-refractivity contribution is 0.310. The van der Waals surface area contributed by atoms with Crippen LogP contribution in [0.15, 0.2) is 0 Å². The maximum Gasteiger partial charge on any atom is 0.230 e. The van der Waals surface area contributed by atoms with E-state index in [-0.39, 0.29) is 5.39 Å². The van der Waals surface area contributed by atoms with Crippen molar-refractivity contribution in [3.05, 3.63) is 16.8 Å². The third kappa shape index (κ3) is 1.96. The number of fused-ring (bicyclic) bond motifs is 3. The lowest BCUT2D eigenvalue weighted by atomic mass is 10.3. The molecule has 0 bridgehead atoms. The average molecular weight is 324 g/mol. The zero-order valence-corrected chi connectivity index (χ0v) is 13.0. The average Bonchev–Trinajstić information content (AvgIpc) is 2.99. The highest BCUT2D eigenvalue weighted by Crippen LogP contribution is 2.32. The van der Waals surface area contributed by atoms with Crippen molar-refractivity contribution >= 4 is 33.1 Å². The van der Waals surface area contributed by atoms with Crippen LogP contribution in [0.3, 0.4) is 0 Å². The van der Waals surface area contributed by atoms with Crippen LogP contribution in [0.5, 0.6) is 0 Å². The normalized spacial score (nSPS) is 17.0. The molecular weight excluding hydrogens is 310 g/mol. The third-order valence-corrected chi connectivity index (χ3v) is 4.75. The van der Waals surface area contributed by atoms with Crippen molar-refractivity contribution in [3.8, 4) is 0 Å². The van der Waals surface area contributed by atoms with Gasteiger partial charge in [0.05, 0.1) is 5.39 Å². The predicted molar refractivity (Wildman–Crippen MR) is 80.5 cm³/mol. The van der Waals surface area contributed by atoms with Crippen LogP contribution in [0, 0.1) is 17.9 Å². The molecule has 3 aromatic heterocycles. The van der Waals surface area contributed by atoms with Gasteiger partial charge in [-0.3, -0.25) is 0 Å². The standard InChI is InChI=1S/C13H14F2N6S/c1-7-16-11-8-9(14)10(15)22-12(8)17-13(21(11)18-7)20-5-3-19(2)4-6-20/h3-6H2,1-2H3. The Morgan fingerprint density at radius 2 is 1.82 bits per heavy atom. The van der Waals surface area contributed by atoms with Crippen LogP contribution in [0.4, 0.5) is 14.7 Å². The Balaban J connectivity index is 1.97. The van der Waals surface area contributed by atoms with E-state index in [4.69, 9.17) is 0 Å². The molecule has 1 aliphatic rings. The fraction of sp³-hybridized carbons (Fsp3) is 0.462. The summed E-state index contributed by atoms with van der Waals surface area (Å²) in [4.78, 5) is 13.3. The molecule has 4 rings (SSSR count). The molecule has 0 aliphatic carbocycles. The number of hydrogen-bond donors (Lipinski definition) is 0. The number of aryl methyl sites for hydroxylation is 1. The molecule has 0 N–H and O–H groups in total. The van der Waals surface area contributed by atoms with Gasteiger partial charge in [-0.1, -0.05) is 11.3 Å². The number of aromatic nitrogens is 4. The minimum absolute atomic E-state index is 0.112. The Bertz CT molecular complexity index is 865. The summed E-state index contributed by atoms with van der Waals surface area (Å²) in [6.07, 6.45) is 0. The van der Waals surface area contributed by atoms with Crippen molar-refractivity contribution in [2.45, 2.75) is 6.92 Å². The Labute approximate surface area is 129 Å². The van der Waals surface area contributed by atoms with E-state index in [2.05, 4.69) is 31.9 Å². The van der Waals surface area contributed by atoms with E-state index in [0.717, 1.165) is 26.2 Å². The second kappa shape index (κ2) is 4.82. The van der Waals surface area contributed by atoms with Crippen molar-refractivity contribution in [1.82, 2.24) is 24.5 Å². The number of rotatable bonds is 1. The smallest absolute Gasteiger partial charge is 0.230 e. The third-order valence-electron chi connectivity index (χ3n) is 3.91. The minimum Gasteiger partial charge on any atom is -0.338 e. The second-order valence-corrected chi connectivity index (χ2v) is 6.42. The summed E-state index contributed by atoms with van der Waals surface area (Å²) < 4.78 is 29.2. The van der Waals surface area contributed by atoms with Crippen LogP contribution in [-0.4, -0.2) is 57.7 Å². The van der Waals surface area contributed by atoms with Gasteiger partial charge < -0.3 is 9.80 Å². The molecule has 0 amide bonds. The van der Waals surface area contributed by atoms with Gasteiger partial charge in [0.1, 0.15) is 10.7 Å². The van der Waals surface area contributed by atoms with Crippen LogP contribution in [0.1, 0.15) is 5.82 Å². The zero-order valence-electron chi connectivity index (χ0n) is 12.2. The maximum absolute atomic E-state index is 14.0. The van der Waals surface area contributed by atoms with Gasteiger partial charge in [0.15, 0.2) is 11.5 Å². The first-order chi connectivity index (χ1) is 10.5. The van der Waals surface area contributed by atoms with Gasteiger partial charge >= 0.3 is 0 Å². The van der Waals surface area contributed by atoms with Gasteiger partial charge in [0.25, 0.3) is 0 Å². The molecule has 1 saturated heterocycles. The van der Waals surface area contributed by atoms with Crippen molar-refractivity contribution in [2.75, 3.05) is 38.1 Å². The molecule has 6 nitrogen and oxygen atoms in total. The van der Waals surface area contributed by atoms with Gasteiger partial charge in [-0.25, -0.2) is 14.4 Å². The van der Waals surface area contributed by atoms with Crippen molar-refractivity contribution in [3.63, 3.8) is 0 Å². The zero-order chi connectivity index (χ0) is 15.4. The van der Waals surface area contributed by atoms with Crippen molar-refractivity contribution in [1.29, 1.82) is 0 Å². The quantitative estimate of drug-likeness (QED) is 0.682. The maximum atomic E-state index is 14.0. The van der Waals surface area contributed by atoms with E-state index < -0.39 is 10.9 Å². The number of likely N-dealkylation sites (N-methyl/N-ethyl adjacent to an activating group) is 1. The summed E-state index contributed by atoms with van der Waals surface area (Å²) in [6.45, 7) is 5.12. The molecule has 0 atom stereocenters. The largest absolute Gasteiger partial charge is 0.338 e.